The average Bonchev–Trinajstić information content (AvgIpc) is 2.61. The summed E-state index contributed by atoms with van der Waals surface area (Å²) in [5.41, 5.74) is 2.19. The van der Waals surface area contributed by atoms with Crippen molar-refractivity contribution in [3.05, 3.63) is 41.9 Å². The Kier molecular flexibility index (Phi) is 5.63. The molecule has 1 fully saturated rings. The van der Waals surface area contributed by atoms with E-state index in [9.17, 15) is 4.79 Å². The molecular formula is C21H29N5O. The minimum Gasteiger partial charge on any atom is -0.372 e. The quantitative estimate of drug-likeness (QED) is 0.846. The van der Waals surface area contributed by atoms with Gasteiger partial charge in [0, 0.05) is 36.1 Å². The summed E-state index contributed by atoms with van der Waals surface area (Å²) in [5, 5.41) is 6.22. The lowest BCUT2D eigenvalue weighted by Crippen LogP contribution is -2.29. The molecule has 27 heavy (non-hydrogen) atoms. The molecule has 2 heterocycles. The molecule has 0 radical (unpaired) electrons. The van der Waals surface area contributed by atoms with E-state index in [-0.39, 0.29) is 11.4 Å². The Labute approximate surface area is 161 Å². The van der Waals surface area contributed by atoms with Gasteiger partial charge in [-0.2, -0.15) is 0 Å². The number of anilines is 3. The number of nitrogens with zero attached hydrogens (tertiary/aromatic N) is 3. The number of carbonyl (C=O) groups excluding carboxylic acids is 1. The van der Waals surface area contributed by atoms with E-state index in [1.807, 2.05) is 32.9 Å². The van der Waals surface area contributed by atoms with Crippen LogP contribution in [0, 0.1) is 6.92 Å². The Morgan fingerprint density at radius 3 is 2.33 bits per heavy atom. The molecule has 0 saturated carbocycles. The number of hydrogen-bond donors (Lipinski definition) is 2. The fraction of sp³-hybridized carbons (Fsp3) is 0.476. The Morgan fingerprint density at radius 2 is 1.70 bits per heavy atom. The van der Waals surface area contributed by atoms with Crippen LogP contribution in [0.2, 0.25) is 0 Å². The first-order valence-electron chi connectivity index (χ1n) is 9.60. The molecule has 1 aromatic heterocycles. The molecule has 2 aromatic rings. The number of aryl methyl sites for hydroxylation is 1. The maximum Gasteiger partial charge on any atom is 0.274 e. The van der Waals surface area contributed by atoms with Crippen molar-refractivity contribution in [1.82, 2.24) is 9.97 Å². The lowest BCUT2D eigenvalue weighted by molar-refractivity contribution is 0.102. The molecule has 0 atom stereocenters. The predicted octanol–water partition coefficient (Wildman–Crippen LogP) is 4.24. The molecule has 0 unspecified atom stereocenters. The van der Waals surface area contributed by atoms with Crippen LogP contribution in [-0.4, -0.2) is 34.5 Å². The Morgan fingerprint density at radius 1 is 1.04 bits per heavy atom. The van der Waals surface area contributed by atoms with Gasteiger partial charge in [0.1, 0.15) is 17.3 Å². The highest BCUT2D eigenvalue weighted by Crippen LogP contribution is 2.22. The van der Waals surface area contributed by atoms with Gasteiger partial charge >= 0.3 is 0 Å². The molecule has 1 aromatic carbocycles. The van der Waals surface area contributed by atoms with Crippen LogP contribution in [0.1, 0.15) is 56.3 Å². The largest absolute Gasteiger partial charge is 0.372 e. The van der Waals surface area contributed by atoms with Crippen molar-refractivity contribution in [3.63, 3.8) is 0 Å². The number of nitrogens with one attached hydrogen (secondary N) is 2. The molecule has 2 N–H and O–H groups in total. The Hall–Kier alpha value is -2.63. The molecule has 3 rings (SSSR count). The predicted molar refractivity (Wildman–Crippen MR) is 111 cm³/mol. The summed E-state index contributed by atoms with van der Waals surface area (Å²) in [6.45, 7) is 10.2. The van der Waals surface area contributed by atoms with Crippen LogP contribution in [-0.2, 0) is 0 Å². The average molecular weight is 367 g/mol. The SMILES string of the molecule is Cc1nc(NC(C)(C)C)cc(C(=O)Nc2ccc(N3CCCCC3)cc2)n1. The van der Waals surface area contributed by atoms with Gasteiger partial charge in [0.2, 0.25) is 0 Å². The normalized spacial score (nSPS) is 14.7. The van der Waals surface area contributed by atoms with Gasteiger partial charge in [-0.05, 0) is 71.2 Å². The van der Waals surface area contributed by atoms with Gasteiger partial charge in [-0.1, -0.05) is 0 Å². The third-order valence-corrected chi connectivity index (χ3v) is 4.42. The number of piperidine rings is 1. The number of benzene rings is 1. The topological polar surface area (TPSA) is 70.2 Å². The first-order chi connectivity index (χ1) is 12.8. The molecule has 0 bridgehead atoms. The van der Waals surface area contributed by atoms with Crippen LogP contribution < -0.4 is 15.5 Å². The van der Waals surface area contributed by atoms with Gasteiger partial charge in [-0.15, -0.1) is 0 Å². The van der Waals surface area contributed by atoms with Crippen molar-refractivity contribution in [3.8, 4) is 0 Å². The molecule has 6 nitrogen and oxygen atoms in total. The maximum atomic E-state index is 12.6. The summed E-state index contributed by atoms with van der Waals surface area (Å²) in [6, 6.07) is 9.72. The number of hydrogen-bond acceptors (Lipinski definition) is 5. The molecule has 1 saturated heterocycles. The van der Waals surface area contributed by atoms with E-state index < -0.39 is 0 Å². The number of rotatable bonds is 4. The smallest absolute Gasteiger partial charge is 0.274 e. The first kappa shape index (κ1) is 19.1. The van der Waals surface area contributed by atoms with Crippen molar-refractivity contribution < 1.29 is 4.79 Å². The van der Waals surface area contributed by atoms with Gasteiger partial charge in [-0.25, -0.2) is 9.97 Å². The molecule has 1 aliphatic heterocycles. The van der Waals surface area contributed by atoms with Crippen LogP contribution in [0.25, 0.3) is 0 Å². The van der Waals surface area contributed by atoms with Gasteiger partial charge < -0.3 is 15.5 Å². The summed E-state index contributed by atoms with van der Waals surface area (Å²) in [5.74, 6) is 0.985. The van der Waals surface area contributed by atoms with Crippen LogP contribution in [0.4, 0.5) is 17.2 Å². The van der Waals surface area contributed by atoms with E-state index >= 15 is 0 Å². The van der Waals surface area contributed by atoms with E-state index in [4.69, 9.17) is 0 Å². The highest BCUT2D eigenvalue weighted by atomic mass is 16.1. The Bertz CT molecular complexity index is 789. The second-order valence-electron chi connectivity index (χ2n) is 8.11. The molecule has 0 aliphatic carbocycles. The fourth-order valence-electron chi connectivity index (χ4n) is 3.24. The minimum atomic E-state index is -0.233. The summed E-state index contributed by atoms with van der Waals surface area (Å²) >= 11 is 0. The van der Waals surface area contributed by atoms with Crippen molar-refractivity contribution in [1.29, 1.82) is 0 Å². The second-order valence-corrected chi connectivity index (χ2v) is 8.11. The highest BCUT2D eigenvalue weighted by Gasteiger charge is 2.15. The van der Waals surface area contributed by atoms with Gasteiger partial charge in [0.25, 0.3) is 5.91 Å². The Balaban J connectivity index is 1.69. The minimum absolute atomic E-state index is 0.140. The third-order valence-electron chi connectivity index (χ3n) is 4.42. The van der Waals surface area contributed by atoms with E-state index in [0.29, 0.717) is 17.3 Å². The first-order valence-corrected chi connectivity index (χ1v) is 9.60. The second kappa shape index (κ2) is 7.94. The van der Waals surface area contributed by atoms with Crippen molar-refractivity contribution in [2.24, 2.45) is 0 Å². The van der Waals surface area contributed by atoms with E-state index in [1.54, 1.807) is 13.0 Å². The molecule has 1 amide bonds. The molecular weight excluding hydrogens is 338 g/mol. The standard InChI is InChI=1S/C21H29N5O/c1-15-22-18(14-19(23-15)25-21(2,3)4)20(27)24-16-8-10-17(11-9-16)26-12-6-5-7-13-26/h8-11,14H,5-7,12-13H2,1-4H3,(H,24,27)(H,22,23,25). The summed E-state index contributed by atoms with van der Waals surface area (Å²) in [7, 11) is 0. The highest BCUT2D eigenvalue weighted by molar-refractivity contribution is 6.03. The van der Waals surface area contributed by atoms with E-state index in [0.717, 1.165) is 18.8 Å². The van der Waals surface area contributed by atoms with E-state index in [1.165, 1.54) is 24.9 Å². The fourth-order valence-corrected chi connectivity index (χ4v) is 3.24. The van der Waals surface area contributed by atoms with Crippen LogP contribution >= 0.6 is 0 Å². The number of aromatic nitrogens is 2. The van der Waals surface area contributed by atoms with Gasteiger partial charge in [0.15, 0.2) is 0 Å². The van der Waals surface area contributed by atoms with Gasteiger partial charge in [0.05, 0.1) is 0 Å². The molecule has 0 spiro atoms. The summed E-state index contributed by atoms with van der Waals surface area (Å²) in [4.78, 5) is 23.7. The van der Waals surface area contributed by atoms with Crippen LogP contribution in [0.15, 0.2) is 30.3 Å². The molecule has 6 heteroatoms. The number of amides is 1. The zero-order valence-corrected chi connectivity index (χ0v) is 16.7. The maximum absolute atomic E-state index is 12.6. The molecule has 1 aliphatic rings. The van der Waals surface area contributed by atoms with Gasteiger partial charge in [-0.3, -0.25) is 4.79 Å². The van der Waals surface area contributed by atoms with Crippen LogP contribution in [0.5, 0.6) is 0 Å². The van der Waals surface area contributed by atoms with Crippen molar-refractivity contribution >= 4 is 23.1 Å². The zero-order valence-electron chi connectivity index (χ0n) is 16.7. The monoisotopic (exact) mass is 367 g/mol. The van der Waals surface area contributed by atoms with Crippen LogP contribution in [0.3, 0.4) is 0 Å². The number of carbonyl (C=O) groups is 1. The lowest BCUT2D eigenvalue weighted by atomic mass is 10.1. The van der Waals surface area contributed by atoms with Crippen molar-refractivity contribution in [2.45, 2.75) is 52.5 Å². The third kappa shape index (κ3) is 5.42. The van der Waals surface area contributed by atoms with E-state index in [2.05, 4.69) is 37.6 Å². The summed E-state index contributed by atoms with van der Waals surface area (Å²) < 4.78 is 0. The molecule has 144 valence electrons. The summed E-state index contributed by atoms with van der Waals surface area (Å²) in [6.07, 6.45) is 3.81. The van der Waals surface area contributed by atoms with Crippen molar-refractivity contribution in [2.75, 3.05) is 28.6 Å². The zero-order chi connectivity index (χ0) is 19.4. The lowest BCUT2D eigenvalue weighted by Gasteiger charge is -2.28.